The van der Waals surface area contributed by atoms with Gasteiger partial charge in [0.2, 0.25) is 0 Å². The molecule has 13 heteroatoms. The molecule has 1 fully saturated rings. The van der Waals surface area contributed by atoms with Gasteiger partial charge < -0.3 is 20.3 Å². The van der Waals surface area contributed by atoms with Crippen molar-refractivity contribution in [2.45, 2.75) is 45.3 Å². The zero-order chi connectivity index (χ0) is 29.1. The van der Waals surface area contributed by atoms with Crippen LogP contribution in [-0.2, 0) is 9.53 Å². The van der Waals surface area contributed by atoms with Gasteiger partial charge in [0.15, 0.2) is 17.5 Å². The van der Waals surface area contributed by atoms with Gasteiger partial charge >= 0.3 is 0 Å². The highest BCUT2D eigenvalue weighted by Gasteiger charge is 2.43. The van der Waals surface area contributed by atoms with E-state index in [0.717, 1.165) is 23.0 Å². The lowest BCUT2D eigenvalue weighted by Gasteiger charge is -2.40. The Hall–Kier alpha value is -4.83. The first-order valence-corrected chi connectivity index (χ1v) is 13.2. The second-order valence-electron chi connectivity index (χ2n) is 10.1. The van der Waals surface area contributed by atoms with Crippen LogP contribution in [0.15, 0.2) is 42.9 Å². The van der Waals surface area contributed by atoms with E-state index in [1.54, 1.807) is 19.4 Å². The number of aromatic amines is 1. The third kappa shape index (κ3) is 5.73. The van der Waals surface area contributed by atoms with Gasteiger partial charge in [0.25, 0.3) is 5.91 Å². The number of carbonyl (C=O) groups is 1. The Labute approximate surface area is 236 Å². The number of ether oxygens (including phenoxy) is 1. The summed E-state index contributed by atoms with van der Waals surface area (Å²) in [5.41, 5.74) is 1.95. The SMILES string of the molecule is COC1(C(=O)N[C@@H](C)c2ccc(-n3cc(F)cn3)nc2)CCN(c2nc(Nc3cc(C)[nH]n3)cc(C)c2C#N)CC1. The van der Waals surface area contributed by atoms with Gasteiger partial charge in [-0.05, 0) is 44.0 Å². The molecule has 0 aromatic carbocycles. The predicted octanol–water partition coefficient (Wildman–Crippen LogP) is 3.62. The van der Waals surface area contributed by atoms with Crippen molar-refractivity contribution >= 4 is 23.4 Å². The zero-order valence-electron chi connectivity index (χ0n) is 23.3. The number of rotatable bonds is 8. The van der Waals surface area contributed by atoms with Crippen LogP contribution in [-0.4, -0.2) is 61.7 Å². The molecule has 1 saturated heterocycles. The van der Waals surface area contributed by atoms with Gasteiger partial charge in [0, 0.05) is 51.0 Å². The third-order valence-electron chi connectivity index (χ3n) is 7.35. The van der Waals surface area contributed by atoms with Crippen molar-refractivity contribution in [3.63, 3.8) is 0 Å². The molecule has 4 aromatic heterocycles. The molecule has 0 saturated carbocycles. The molecule has 5 heterocycles. The molecule has 4 aromatic rings. The van der Waals surface area contributed by atoms with Gasteiger partial charge in [0.05, 0.1) is 24.0 Å². The van der Waals surface area contributed by atoms with Gasteiger partial charge in [-0.1, -0.05) is 6.07 Å². The monoisotopic (exact) mass is 558 g/mol. The van der Waals surface area contributed by atoms with E-state index in [0.29, 0.717) is 54.8 Å². The van der Waals surface area contributed by atoms with Gasteiger partial charge in [-0.15, -0.1) is 0 Å². The number of nitriles is 1. The number of amides is 1. The minimum atomic E-state index is -1.03. The minimum absolute atomic E-state index is 0.223. The second-order valence-corrected chi connectivity index (χ2v) is 10.1. The fourth-order valence-corrected chi connectivity index (χ4v) is 4.93. The van der Waals surface area contributed by atoms with Gasteiger partial charge in [0.1, 0.15) is 23.3 Å². The summed E-state index contributed by atoms with van der Waals surface area (Å²) in [7, 11) is 1.54. The van der Waals surface area contributed by atoms with Crippen LogP contribution in [0.1, 0.15) is 48.2 Å². The second kappa shape index (κ2) is 11.3. The largest absolute Gasteiger partial charge is 0.368 e. The molecular formula is C28H31FN10O2. The molecule has 0 radical (unpaired) electrons. The van der Waals surface area contributed by atoms with E-state index in [-0.39, 0.29) is 11.9 Å². The Kier molecular flexibility index (Phi) is 7.67. The fraction of sp³-hybridized carbons (Fsp3) is 0.357. The molecule has 1 aliphatic rings. The molecule has 5 rings (SSSR count). The number of nitrogens with zero attached hydrogens (tertiary/aromatic N) is 7. The number of carbonyl (C=O) groups excluding carboxylic acids is 1. The number of aromatic nitrogens is 6. The highest BCUT2D eigenvalue weighted by Crippen LogP contribution is 2.33. The Morgan fingerprint density at radius 3 is 2.59 bits per heavy atom. The number of anilines is 3. The van der Waals surface area contributed by atoms with Crippen LogP contribution in [0.25, 0.3) is 5.82 Å². The minimum Gasteiger partial charge on any atom is -0.368 e. The first-order valence-electron chi connectivity index (χ1n) is 13.2. The van der Waals surface area contributed by atoms with E-state index in [1.165, 1.54) is 10.9 Å². The number of hydrogen-bond acceptors (Lipinski definition) is 9. The number of nitrogens with one attached hydrogen (secondary N) is 3. The Morgan fingerprint density at radius 1 is 1.22 bits per heavy atom. The van der Waals surface area contributed by atoms with Gasteiger partial charge in [-0.3, -0.25) is 9.89 Å². The quantitative estimate of drug-likeness (QED) is 0.295. The molecule has 12 nitrogen and oxygen atoms in total. The lowest BCUT2D eigenvalue weighted by molar-refractivity contribution is -0.146. The summed E-state index contributed by atoms with van der Waals surface area (Å²) < 4.78 is 20.4. The molecule has 0 unspecified atom stereocenters. The van der Waals surface area contributed by atoms with E-state index in [4.69, 9.17) is 9.72 Å². The molecule has 1 amide bonds. The molecule has 0 spiro atoms. The zero-order valence-corrected chi connectivity index (χ0v) is 23.3. The number of pyridine rings is 2. The van der Waals surface area contributed by atoms with Crippen molar-refractivity contribution in [3.8, 4) is 11.9 Å². The van der Waals surface area contributed by atoms with E-state index < -0.39 is 11.4 Å². The highest BCUT2D eigenvalue weighted by molar-refractivity contribution is 5.86. The number of hydrogen-bond donors (Lipinski definition) is 3. The van der Waals surface area contributed by atoms with Crippen molar-refractivity contribution < 1.29 is 13.9 Å². The number of piperidine rings is 1. The first-order chi connectivity index (χ1) is 19.7. The van der Waals surface area contributed by atoms with Crippen LogP contribution in [0.5, 0.6) is 0 Å². The van der Waals surface area contributed by atoms with Crippen molar-refractivity contribution in [1.29, 1.82) is 5.26 Å². The average Bonchev–Trinajstić information content (AvgIpc) is 3.60. The summed E-state index contributed by atoms with van der Waals surface area (Å²) in [6.07, 6.45) is 4.80. The molecule has 41 heavy (non-hydrogen) atoms. The number of aryl methyl sites for hydroxylation is 2. The van der Waals surface area contributed by atoms with Crippen LogP contribution < -0.4 is 15.5 Å². The first kappa shape index (κ1) is 27.7. The van der Waals surface area contributed by atoms with Crippen LogP contribution >= 0.6 is 0 Å². The van der Waals surface area contributed by atoms with E-state index in [1.807, 2.05) is 43.9 Å². The maximum absolute atomic E-state index is 13.5. The predicted molar refractivity (Wildman–Crippen MR) is 149 cm³/mol. The van der Waals surface area contributed by atoms with Crippen molar-refractivity contribution in [1.82, 2.24) is 35.3 Å². The Balaban J connectivity index is 1.27. The standard InChI is InChI=1S/C28H31FN10O2/c1-17-11-23(34-24-12-18(2)36-37-24)35-26(22(17)13-30)38-9-7-28(41-4,8-10-38)27(40)33-19(3)20-5-6-25(31-14-20)39-16-21(29)15-32-39/h5-6,11-12,14-16,19H,7-10H2,1-4H3,(H,33,40)(H2,34,35,36,37)/t19-/m0/s1. The van der Waals surface area contributed by atoms with E-state index >= 15 is 0 Å². The van der Waals surface area contributed by atoms with Crippen molar-refractivity contribution in [3.05, 3.63) is 71.1 Å². The van der Waals surface area contributed by atoms with Crippen LogP contribution in [0, 0.1) is 31.0 Å². The molecule has 3 N–H and O–H groups in total. The molecule has 0 aliphatic carbocycles. The fourth-order valence-electron chi connectivity index (χ4n) is 4.93. The Morgan fingerprint density at radius 2 is 2.00 bits per heavy atom. The average molecular weight is 559 g/mol. The lowest BCUT2D eigenvalue weighted by atomic mass is 9.89. The topological polar surface area (TPSA) is 150 Å². The third-order valence-corrected chi connectivity index (χ3v) is 7.35. The van der Waals surface area contributed by atoms with Crippen molar-refractivity contribution in [2.75, 3.05) is 30.4 Å². The van der Waals surface area contributed by atoms with Gasteiger partial charge in [-0.25, -0.2) is 19.0 Å². The number of methoxy groups -OCH3 is 1. The van der Waals surface area contributed by atoms with Gasteiger partial charge in [-0.2, -0.15) is 15.5 Å². The molecule has 0 bridgehead atoms. The smallest absolute Gasteiger partial charge is 0.252 e. The Bertz CT molecular complexity index is 1580. The lowest BCUT2D eigenvalue weighted by Crippen LogP contribution is -2.55. The van der Waals surface area contributed by atoms with E-state index in [2.05, 4.69) is 37.0 Å². The molecule has 212 valence electrons. The molecular weight excluding hydrogens is 527 g/mol. The summed E-state index contributed by atoms with van der Waals surface area (Å²) in [4.78, 5) is 24.6. The highest BCUT2D eigenvalue weighted by atomic mass is 19.1. The maximum Gasteiger partial charge on any atom is 0.252 e. The number of H-pyrrole nitrogens is 1. The summed E-state index contributed by atoms with van der Waals surface area (Å²) in [5, 5.41) is 27.1. The molecule has 1 aliphatic heterocycles. The molecule has 1 atom stereocenters. The summed E-state index contributed by atoms with van der Waals surface area (Å²) in [6.45, 7) is 6.59. The van der Waals surface area contributed by atoms with Crippen LogP contribution in [0.2, 0.25) is 0 Å². The summed E-state index contributed by atoms with van der Waals surface area (Å²) in [5.74, 6) is 1.57. The van der Waals surface area contributed by atoms with E-state index in [9.17, 15) is 14.4 Å². The maximum atomic E-state index is 13.5. The normalized spacial score (nSPS) is 15.3. The summed E-state index contributed by atoms with van der Waals surface area (Å²) in [6, 6.07) is 9.16. The summed E-state index contributed by atoms with van der Waals surface area (Å²) >= 11 is 0. The van der Waals surface area contributed by atoms with Crippen LogP contribution in [0.3, 0.4) is 0 Å². The number of halogens is 1. The van der Waals surface area contributed by atoms with Crippen molar-refractivity contribution in [2.24, 2.45) is 0 Å². The van der Waals surface area contributed by atoms with Crippen LogP contribution in [0.4, 0.5) is 21.8 Å².